The van der Waals surface area contributed by atoms with Gasteiger partial charge in [0.05, 0.1) is 7.11 Å². The number of amides is 1. The van der Waals surface area contributed by atoms with Gasteiger partial charge in [-0.2, -0.15) is 0 Å². The zero-order chi connectivity index (χ0) is 13.3. The fraction of sp³-hybridized carbons (Fsp3) is 0.333. The van der Waals surface area contributed by atoms with Crippen LogP contribution in [-0.2, 0) is 9.53 Å². The number of carbonyl (C=O) groups excluding carboxylic acids is 1. The number of methoxy groups -OCH3 is 1. The molecule has 1 atom stereocenters. The van der Waals surface area contributed by atoms with E-state index >= 15 is 0 Å². The van der Waals surface area contributed by atoms with Crippen molar-refractivity contribution in [1.29, 1.82) is 0 Å². The minimum atomic E-state index is -1.38. The molecule has 0 spiro atoms. The van der Waals surface area contributed by atoms with E-state index in [1.54, 1.807) is 24.3 Å². The van der Waals surface area contributed by atoms with Crippen molar-refractivity contribution in [2.24, 2.45) is 0 Å². The Morgan fingerprint density at radius 2 is 2.06 bits per heavy atom. The number of carboxylic acids is 1. The minimum absolute atomic E-state index is 0.173. The quantitative estimate of drug-likeness (QED) is 0.880. The number of benzene rings is 1. The van der Waals surface area contributed by atoms with E-state index in [0.717, 1.165) is 4.90 Å². The van der Waals surface area contributed by atoms with Crippen LogP contribution in [0.25, 0.3) is 0 Å². The second-order valence-corrected chi connectivity index (χ2v) is 4.17. The molecule has 0 saturated carbocycles. The smallest absolute Gasteiger partial charge is 0.415 e. The van der Waals surface area contributed by atoms with Crippen molar-refractivity contribution < 1.29 is 24.2 Å². The van der Waals surface area contributed by atoms with E-state index in [1.165, 1.54) is 14.0 Å². The Morgan fingerprint density at radius 1 is 1.44 bits per heavy atom. The lowest BCUT2D eigenvalue weighted by Gasteiger charge is -2.27. The van der Waals surface area contributed by atoms with E-state index in [9.17, 15) is 14.7 Å². The molecule has 1 N–H and O–H groups in total. The number of hydrogen-bond acceptors (Lipinski definition) is 4. The average molecular weight is 251 g/mol. The van der Waals surface area contributed by atoms with Gasteiger partial charge >= 0.3 is 12.1 Å². The molecule has 0 bridgehead atoms. The van der Waals surface area contributed by atoms with Crippen molar-refractivity contribution in [2.45, 2.75) is 12.5 Å². The summed E-state index contributed by atoms with van der Waals surface area (Å²) in [5, 5.41) is 9.22. The second kappa shape index (κ2) is 4.21. The van der Waals surface area contributed by atoms with Gasteiger partial charge in [-0.1, -0.05) is 0 Å². The Hall–Kier alpha value is -2.24. The first-order valence-electron chi connectivity index (χ1n) is 5.33. The van der Waals surface area contributed by atoms with Crippen LogP contribution in [0.2, 0.25) is 0 Å². The Kier molecular flexibility index (Phi) is 2.86. The molecule has 6 heteroatoms. The van der Waals surface area contributed by atoms with E-state index in [1.807, 2.05) is 0 Å². The summed E-state index contributed by atoms with van der Waals surface area (Å²) in [7, 11) is 1.53. The third-order valence-electron chi connectivity index (χ3n) is 2.94. The number of anilines is 1. The van der Waals surface area contributed by atoms with Crippen molar-refractivity contribution in [3.05, 3.63) is 24.3 Å². The molecule has 1 amide bonds. The molecule has 1 saturated heterocycles. The van der Waals surface area contributed by atoms with E-state index in [2.05, 4.69) is 0 Å². The number of hydrogen-bond donors (Lipinski definition) is 1. The SMILES string of the molecule is COc1ccc(N2C(=O)OCC2(C)C(=O)O)cc1. The van der Waals surface area contributed by atoms with Gasteiger partial charge in [-0.05, 0) is 31.2 Å². The molecule has 96 valence electrons. The highest BCUT2D eigenvalue weighted by Crippen LogP contribution is 2.31. The number of rotatable bonds is 3. The molecular formula is C12H13NO5. The largest absolute Gasteiger partial charge is 0.497 e. The van der Waals surface area contributed by atoms with E-state index < -0.39 is 17.6 Å². The maximum atomic E-state index is 11.7. The van der Waals surface area contributed by atoms with Crippen LogP contribution >= 0.6 is 0 Å². The van der Waals surface area contributed by atoms with Crippen LogP contribution in [0.1, 0.15) is 6.92 Å². The molecule has 6 nitrogen and oxygen atoms in total. The lowest BCUT2D eigenvalue weighted by Crippen LogP contribution is -2.51. The first-order chi connectivity index (χ1) is 8.49. The predicted octanol–water partition coefficient (Wildman–Crippen LogP) is 1.50. The number of cyclic esters (lactones) is 1. The molecule has 1 aliphatic heterocycles. The zero-order valence-corrected chi connectivity index (χ0v) is 10.0. The maximum absolute atomic E-state index is 11.7. The van der Waals surface area contributed by atoms with Gasteiger partial charge in [0.1, 0.15) is 12.4 Å². The number of aliphatic carboxylic acids is 1. The molecule has 0 aromatic heterocycles. The maximum Gasteiger partial charge on any atom is 0.415 e. The van der Waals surface area contributed by atoms with Crippen LogP contribution in [0.5, 0.6) is 5.75 Å². The van der Waals surface area contributed by atoms with Crippen LogP contribution in [0, 0.1) is 0 Å². The normalized spacial score (nSPS) is 22.8. The van der Waals surface area contributed by atoms with Gasteiger partial charge in [0, 0.05) is 5.69 Å². The topological polar surface area (TPSA) is 76.1 Å². The summed E-state index contributed by atoms with van der Waals surface area (Å²) in [5.74, 6) is -0.479. The van der Waals surface area contributed by atoms with Crippen LogP contribution in [0.15, 0.2) is 24.3 Å². The van der Waals surface area contributed by atoms with E-state index in [4.69, 9.17) is 9.47 Å². The zero-order valence-electron chi connectivity index (χ0n) is 10.0. The van der Waals surface area contributed by atoms with E-state index in [-0.39, 0.29) is 6.61 Å². The summed E-state index contributed by atoms with van der Waals surface area (Å²) < 4.78 is 9.84. The lowest BCUT2D eigenvalue weighted by atomic mass is 10.0. The van der Waals surface area contributed by atoms with Crippen molar-refractivity contribution in [1.82, 2.24) is 0 Å². The molecule has 18 heavy (non-hydrogen) atoms. The number of ether oxygens (including phenoxy) is 2. The minimum Gasteiger partial charge on any atom is -0.497 e. The van der Waals surface area contributed by atoms with Gasteiger partial charge in [-0.3, -0.25) is 4.90 Å². The van der Waals surface area contributed by atoms with Gasteiger partial charge in [0.2, 0.25) is 0 Å². The molecule has 1 aliphatic rings. The highest BCUT2D eigenvalue weighted by molar-refractivity contribution is 6.00. The van der Waals surface area contributed by atoms with E-state index in [0.29, 0.717) is 11.4 Å². The summed E-state index contributed by atoms with van der Waals surface area (Å²) in [6.07, 6.45) is -0.662. The van der Waals surface area contributed by atoms with Crippen molar-refractivity contribution in [3.8, 4) is 5.75 Å². The summed E-state index contributed by atoms with van der Waals surface area (Å²) in [6.45, 7) is 1.28. The fourth-order valence-corrected chi connectivity index (χ4v) is 1.81. The van der Waals surface area contributed by atoms with Gasteiger partial charge in [-0.25, -0.2) is 9.59 Å². The molecule has 1 aromatic rings. The van der Waals surface area contributed by atoms with Gasteiger partial charge < -0.3 is 14.6 Å². The predicted molar refractivity (Wildman–Crippen MR) is 62.9 cm³/mol. The van der Waals surface area contributed by atoms with Crippen LogP contribution in [0.4, 0.5) is 10.5 Å². The van der Waals surface area contributed by atoms with Crippen molar-refractivity contribution >= 4 is 17.7 Å². The highest BCUT2D eigenvalue weighted by atomic mass is 16.6. The number of carbonyl (C=O) groups is 2. The Balaban J connectivity index is 2.39. The van der Waals surface area contributed by atoms with Gasteiger partial charge in [0.15, 0.2) is 5.54 Å². The Morgan fingerprint density at radius 3 is 2.56 bits per heavy atom. The average Bonchev–Trinajstić information content (AvgIpc) is 2.67. The molecule has 1 aromatic carbocycles. The summed E-state index contributed by atoms with van der Waals surface area (Å²) >= 11 is 0. The Labute approximate surface area is 104 Å². The molecule has 2 rings (SSSR count). The molecule has 1 unspecified atom stereocenters. The number of nitrogens with zero attached hydrogens (tertiary/aromatic N) is 1. The fourth-order valence-electron chi connectivity index (χ4n) is 1.81. The summed E-state index contributed by atoms with van der Waals surface area (Å²) in [4.78, 5) is 24.1. The second-order valence-electron chi connectivity index (χ2n) is 4.17. The third-order valence-corrected chi connectivity index (χ3v) is 2.94. The lowest BCUT2D eigenvalue weighted by molar-refractivity contribution is -0.142. The monoisotopic (exact) mass is 251 g/mol. The standard InChI is InChI=1S/C12H13NO5/c1-12(10(14)15)7-18-11(16)13(12)8-3-5-9(17-2)6-4-8/h3-6H,7H2,1-2H3,(H,14,15). The number of carboxylic acid groups (broad SMARTS) is 1. The van der Waals surface area contributed by atoms with Crippen molar-refractivity contribution in [2.75, 3.05) is 18.6 Å². The van der Waals surface area contributed by atoms with Crippen LogP contribution < -0.4 is 9.64 Å². The molecule has 1 heterocycles. The Bertz CT molecular complexity index is 484. The highest BCUT2D eigenvalue weighted by Gasteiger charge is 2.50. The molecule has 1 fully saturated rings. The molecule has 0 radical (unpaired) electrons. The first kappa shape index (κ1) is 12.2. The molecular weight excluding hydrogens is 238 g/mol. The third kappa shape index (κ3) is 1.75. The van der Waals surface area contributed by atoms with Gasteiger partial charge in [-0.15, -0.1) is 0 Å². The summed E-state index contributed by atoms with van der Waals surface area (Å²) in [6, 6.07) is 6.55. The van der Waals surface area contributed by atoms with Crippen molar-refractivity contribution in [3.63, 3.8) is 0 Å². The van der Waals surface area contributed by atoms with Gasteiger partial charge in [0.25, 0.3) is 0 Å². The summed E-state index contributed by atoms with van der Waals surface area (Å²) in [5.41, 5.74) is -0.922. The first-order valence-corrected chi connectivity index (χ1v) is 5.33. The molecule has 0 aliphatic carbocycles. The van der Waals surface area contributed by atoms with Crippen LogP contribution in [-0.4, -0.2) is 36.4 Å². The van der Waals surface area contributed by atoms with Crippen LogP contribution in [0.3, 0.4) is 0 Å².